The summed E-state index contributed by atoms with van der Waals surface area (Å²) < 4.78 is 14.3. The van der Waals surface area contributed by atoms with Crippen molar-refractivity contribution >= 4 is 5.52 Å². The molecule has 0 fully saturated rings. The molecule has 0 amide bonds. The molecule has 2 aromatic rings. The molecule has 0 spiro atoms. The Labute approximate surface area is 75.2 Å². The van der Waals surface area contributed by atoms with Gasteiger partial charge in [0.15, 0.2) is 0 Å². The van der Waals surface area contributed by atoms with Crippen molar-refractivity contribution in [2.24, 2.45) is 0 Å². The summed E-state index contributed by atoms with van der Waals surface area (Å²) in [5.74, 6) is -0.0703. The van der Waals surface area contributed by atoms with Gasteiger partial charge < -0.3 is 0 Å². The fraction of sp³-hybridized carbons (Fsp3) is 0.333. The zero-order chi connectivity index (χ0) is 9.42. The van der Waals surface area contributed by atoms with Crippen molar-refractivity contribution in [2.75, 3.05) is 0 Å². The predicted octanol–water partition coefficient (Wildman–Crippen LogP) is 1.99. The summed E-state index contributed by atoms with van der Waals surface area (Å²) in [6.07, 6.45) is 1.38. The molecule has 0 aromatic carbocycles. The summed E-state index contributed by atoms with van der Waals surface area (Å²) in [5, 5.41) is 3.81. The number of aromatic nitrogens is 3. The van der Waals surface area contributed by atoms with Crippen LogP contribution in [-0.4, -0.2) is 14.6 Å². The second-order valence-corrected chi connectivity index (χ2v) is 3.25. The van der Waals surface area contributed by atoms with Gasteiger partial charge >= 0.3 is 0 Å². The highest BCUT2D eigenvalue weighted by Gasteiger charge is 2.09. The third-order valence-corrected chi connectivity index (χ3v) is 1.98. The van der Waals surface area contributed by atoms with Crippen LogP contribution in [-0.2, 0) is 0 Å². The SMILES string of the molecule is CC(C)c1ncnn2c(F)ccc12. The Kier molecular flexibility index (Phi) is 1.76. The fourth-order valence-electron chi connectivity index (χ4n) is 1.37. The van der Waals surface area contributed by atoms with Crippen molar-refractivity contribution in [3.8, 4) is 0 Å². The molecule has 68 valence electrons. The molecule has 0 radical (unpaired) electrons. The van der Waals surface area contributed by atoms with Gasteiger partial charge in [0.25, 0.3) is 0 Å². The molecule has 13 heavy (non-hydrogen) atoms. The van der Waals surface area contributed by atoms with E-state index >= 15 is 0 Å². The average molecular weight is 179 g/mol. The summed E-state index contributed by atoms with van der Waals surface area (Å²) in [4.78, 5) is 4.12. The van der Waals surface area contributed by atoms with Gasteiger partial charge in [-0.25, -0.2) is 9.50 Å². The molecule has 0 atom stereocenters. The third-order valence-electron chi connectivity index (χ3n) is 1.98. The van der Waals surface area contributed by atoms with Crippen molar-refractivity contribution in [2.45, 2.75) is 19.8 Å². The van der Waals surface area contributed by atoms with E-state index in [0.29, 0.717) is 0 Å². The summed E-state index contributed by atoms with van der Waals surface area (Å²) in [6.45, 7) is 4.04. The molecular formula is C9H10FN3. The molecular weight excluding hydrogens is 169 g/mol. The van der Waals surface area contributed by atoms with Gasteiger partial charge in [0, 0.05) is 0 Å². The molecule has 2 heterocycles. The molecule has 0 aliphatic carbocycles. The Hall–Kier alpha value is -1.45. The van der Waals surface area contributed by atoms with E-state index in [-0.39, 0.29) is 11.9 Å². The van der Waals surface area contributed by atoms with E-state index < -0.39 is 0 Å². The molecule has 0 bridgehead atoms. The second-order valence-electron chi connectivity index (χ2n) is 3.25. The lowest BCUT2D eigenvalue weighted by molar-refractivity contribution is 0.545. The van der Waals surface area contributed by atoms with Gasteiger partial charge in [-0.1, -0.05) is 13.8 Å². The number of hydrogen-bond donors (Lipinski definition) is 0. The number of rotatable bonds is 1. The second kappa shape index (κ2) is 2.80. The van der Waals surface area contributed by atoms with Crippen LogP contribution in [0, 0.1) is 5.95 Å². The van der Waals surface area contributed by atoms with Gasteiger partial charge in [0.2, 0.25) is 5.95 Å². The van der Waals surface area contributed by atoms with E-state index in [2.05, 4.69) is 10.1 Å². The third kappa shape index (κ3) is 1.18. The van der Waals surface area contributed by atoms with Crippen molar-refractivity contribution in [1.82, 2.24) is 14.6 Å². The molecule has 0 unspecified atom stereocenters. The van der Waals surface area contributed by atoms with Gasteiger partial charge in [0.1, 0.15) is 6.33 Å². The highest BCUT2D eigenvalue weighted by molar-refractivity contribution is 5.52. The minimum Gasteiger partial charge on any atom is -0.237 e. The molecule has 0 aliphatic rings. The zero-order valence-corrected chi connectivity index (χ0v) is 7.53. The largest absolute Gasteiger partial charge is 0.237 e. The lowest BCUT2D eigenvalue weighted by Gasteiger charge is -2.04. The Morgan fingerprint density at radius 1 is 1.38 bits per heavy atom. The first kappa shape index (κ1) is 8.16. The maximum absolute atomic E-state index is 13.1. The highest BCUT2D eigenvalue weighted by Crippen LogP contribution is 2.18. The Balaban J connectivity index is 2.77. The molecule has 3 nitrogen and oxygen atoms in total. The molecule has 0 aliphatic heterocycles. The minimum absolute atomic E-state index is 0.278. The quantitative estimate of drug-likeness (QED) is 0.670. The van der Waals surface area contributed by atoms with Gasteiger partial charge in [-0.2, -0.15) is 9.49 Å². The molecule has 0 saturated carbocycles. The standard InChI is InChI=1S/C9H10FN3/c1-6(2)9-7-3-4-8(10)13(7)12-5-11-9/h3-6H,1-2H3. The number of hydrogen-bond acceptors (Lipinski definition) is 2. The summed E-state index contributed by atoms with van der Waals surface area (Å²) >= 11 is 0. The first-order valence-electron chi connectivity index (χ1n) is 4.18. The summed E-state index contributed by atoms with van der Waals surface area (Å²) in [5.41, 5.74) is 1.62. The molecule has 4 heteroatoms. The Bertz CT molecular complexity index is 433. The van der Waals surface area contributed by atoms with E-state index in [1.807, 2.05) is 13.8 Å². The topological polar surface area (TPSA) is 30.2 Å². The summed E-state index contributed by atoms with van der Waals surface area (Å²) in [6, 6.07) is 3.10. The van der Waals surface area contributed by atoms with E-state index in [9.17, 15) is 4.39 Å². The van der Waals surface area contributed by atoms with E-state index in [1.54, 1.807) is 6.07 Å². The van der Waals surface area contributed by atoms with Crippen molar-refractivity contribution < 1.29 is 4.39 Å². The van der Waals surface area contributed by atoms with Crippen LogP contribution in [0.25, 0.3) is 5.52 Å². The van der Waals surface area contributed by atoms with E-state index in [4.69, 9.17) is 0 Å². The van der Waals surface area contributed by atoms with Crippen LogP contribution in [0.1, 0.15) is 25.5 Å². The Morgan fingerprint density at radius 2 is 2.15 bits per heavy atom. The van der Waals surface area contributed by atoms with Gasteiger partial charge in [-0.3, -0.25) is 0 Å². The number of halogens is 1. The van der Waals surface area contributed by atoms with Crippen molar-refractivity contribution in [1.29, 1.82) is 0 Å². The lowest BCUT2D eigenvalue weighted by atomic mass is 10.1. The smallest absolute Gasteiger partial charge is 0.214 e. The van der Waals surface area contributed by atoms with Gasteiger partial charge in [-0.15, -0.1) is 0 Å². The zero-order valence-electron chi connectivity index (χ0n) is 7.53. The minimum atomic E-state index is -0.348. The van der Waals surface area contributed by atoms with E-state index in [0.717, 1.165) is 11.2 Å². The van der Waals surface area contributed by atoms with E-state index in [1.165, 1.54) is 16.9 Å². The Morgan fingerprint density at radius 3 is 2.85 bits per heavy atom. The van der Waals surface area contributed by atoms with Gasteiger partial charge in [0.05, 0.1) is 11.2 Å². The average Bonchev–Trinajstić information content (AvgIpc) is 2.48. The maximum Gasteiger partial charge on any atom is 0.214 e. The van der Waals surface area contributed by atoms with Crippen LogP contribution in [0.5, 0.6) is 0 Å². The molecule has 2 aromatic heterocycles. The number of fused-ring (bicyclic) bond motifs is 1. The molecule has 0 N–H and O–H groups in total. The molecule has 2 rings (SSSR count). The monoisotopic (exact) mass is 179 g/mol. The van der Waals surface area contributed by atoms with Crippen LogP contribution in [0.3, 0.4) is 0 Å². The maximum atomic E-state index is 13.1. The van der Waals surface area contributed by atoms with Gasteiger partial charge in [-0.05, 0) is 18.1 Å². The predicted molar refractivity (Wildman–Crippen MR) is 47.0 cm³/mol. The normalized spacial score (nSPS) is 11.4. The van der Waals surface area contributed by atoms with Crippen LogP contribution in [0.4, 0.5) is 4.39 Å². The van der Waals surface area contributed by atoms with Crippen molar-refractivity contribution in [3.63, 3.8) is 0 Å². The molecule has 0 saturated heterocycles. The van der Waals surface area contributed by atoms with Crippen molar-refractivity contribution in [3.05, 3.63) is 30.1 Å². The highest BCUT2D eigenvalue weighted by atomic mass is 19.1. The fourth-order valence-corrected chi connectivity index (χ4v) is 1.37. The first-order chi connectivity index (χ1) is 6.20. The van der Waals surface area contributed by atoms with Crippen LogP contribution in [0.15, 0.2) is 18.5 Å². The van der Waals surface area contributed by atoms with Crippen LogP contribution in [0.2, 0.25) is 0 Å². The number of nitrogens with zero attached hydrogens (tertiary/aromatic N) is 3. The van der Waals surface area contributed by atoms with Crippen LogP contribution < -0.4 is 0 Å². The first-order valence-corrected chi connectivity index (χ1v) is 4.18. The summed E-state index contributed by atoms with van der Waals surface area (Å²) in [7, 11) is 0. The van der Waals surface area contributed by atoms with Crippen LogP contribution >= 0.6 is 0 Å². The lowest BCUT2D eigenvalue weighted by Crippen LogP contribution is -2.01.